The molecular weight excluding hydrogens is 335 g/mol. The summed E-state index contributed by atoms with van der Waals surface area (Å²) in [6.45, 7) is -0.0575. The van der Waals surface area contributed by atoms with Crippen molar-refractivity contribution in [2.24, 2.45) is 0 Å². The van der Waals surface area contributed by atoms with E-state index in [1.807, 2.05) is 18.2 Å². The molecule has 1 saturated heterocycles. The van der Waals surface area contributed by atoms with E-state index in [0.29, 0.717) is 37.6 Å². The van der Waals surface area contributed by atoms with Gasteiger partial charge in [0.25, 0.3) is 0 Å². The smallest absolute Gasteiger partial charge is 0.381 e. The van der Waals surface area contributed by atoms with E-state index in [1.165, 1.54) is 0 Å². The first-order chi connectivity index (χ1) is 12.0. The molecule has 0 unspecified atom stereocenters. The fraction of sp³-hybridized carbons (Fsp3) is 0.438. The van der Waals surface area contributed by atoms with E-state index < -0.39 is 12.7 Å². The topological polar surface area (TPSA) is 68.6 Å². The Morgan fingerprint density at radius 3 is 2.72 bits per heavy atom. The lowest BCUT2D eigenvalue weighted by atomic mass is 10.00. The number of rotatable bonds is 3. The van der Waals surface area contributed by atoms with Gasteiger partial charge < -0.3 is 4.74 Å². The second-order valence-corrected chi connectivity index (χ2v) is 6.07. The largest absolute Gasteiger partial charge is 0.408 e. The monoisotopic (exact) mass is 351 g/mol. The number of ether oxygens (including phenoxy) is 1. The number of benzene rings is 1. The molecule has 132 valence electrons. The fourth-order valence-electron chi connectivity index (χ4n) is 3.08. The van der Waals surface area contributed by atoms with Gasteiger partial charge in [-0.3, -0.25) is 5.10 Å². The van der Waals surface area contributed by atoms with Crippen LogP contribution in [-0.4, -0.2) is 44.4 Å². The van der Waals surface area contributed by atoms with Gasteiger partial charge in [0, 0.05) is 24.5 Å². The molecule has 6 nitrogen and oxygen atoms in total. The number of aromatic nitrogens is 5. The molecule has 1 fully saturated rings. The van der Waals surface area contributed by atoms with Crippen LogP contribution in [0.25, 0.3) is 22.4 Å². The molecule has 3 aromatic rings. The molecule has 1 aliphatic heterocycles. The van der Waals surface area contributed by atoms with Crippen molar-refractivity contribution >= 4 is 10.9 Å². The number of hydrogen-bond acceptors (Lipinski definition) is 4. The second-order valence-electron chi connectivity index (χ2n) is 6.07. The molecule has 1 aliphatic rings. The number of H-pyrrole nitrogens is 1. The first-order valence-electron chi connectivity index (χ1n) is 8.04. The van der Waals surface area contributed by atoms with Gasteiger partial charge in [0.2, 0.25) is 0 Å². The molecule has 3 heterocycles. The average Bonchev–Trinajstić information content (AvgIpc) is 3.18. The summed E-state index contributed by atoms with van der Waals surface area (Å²) in [5.74, 6) is 0.568. The van der Waals surface area contributed by atoms with E-state index in [-0.39, 0.29) is 11.7 Å². The van der Waals surface area contributed by atoms with Gasteiger partial charge in [-0.05, 0) is 18.9 Å². The van der Waals surface area contributed by atoms with Crippen LogP contribution in [0.3, 0.4) is 0 Å². The summed E-state index contributed by atoms with van der Waals surface area (Å²) >= 11 is 0. The zero-order chi connectivity index (χ0) is 17.4. The third-order valence-electron chi connectivity index (χ3n) is 4.29. The number of para-hydroxylation sites is 1. The van der Waals surface area contributed by atoms with Crippen LogP contribution in [0.4, 0.5) is 13.2 Å². The third kappa shape index (κ3) is 3.23. The van der Waals surface area contributed by atoms with Gasteiger partial charge in [0.05, 0.1) is 5.52 Å². The Hall–Kier alpha value is -2.42. The normalized spacial score (nSPS) is 16.6. The predicted molar refractivity (Wildman–Crippen MR) is 84.0 cm³/mol. The lowest BCUT2D eigenvalue weighted by molar-refractivity contribution is -0.142. The van der Waals surface area contributed by atoms with Crippen LogP contribution in [-0.2, 0) is 11.3 Å². The Balaban J connectivity index is 1.80. The van der Waals surface area contributed by atoms with Crippen LogP contribution in [0.2, 0.25) is 0 Å². The van der Waals surface area contributed by atoms with Crippen molar-refractivity contribution in [1.29, 1.82) is 0 Å². The maximum Gasteiger partial charge on any atom is 0.408 e. The minimum Gasteiger partial charge on any atom is -0.381 e. The first kappa shape index (κ1) is 16.1. The minimum atomic E-state index is -4.39. The Kier molecular flexibility index (Phi) is 3.95. The maximum atomic E-state index is 13.0. The molecule has 0 atom stereocenters. The summed E-state index contributed by atoms with van der Waals surface area (Å²) < 4.78 is 45.2. The van der Waals surface area contributed by atoms with Crippen molar-refractivity contribution in [3.05, 3.63) is 30.1 Å². The Labute approximate surface area is 141 Å². The molecular formula is C16H16F3N5O. The van der Waals surface area contributed by atoms with Crippen molar-refractivity contribution in [2.75, 3.05) is 13.2 Å². The Morgan fingerprint density at radius 1 is 1.20 bits per heavy atom. The average molecular weight is 351 g/mol. The Bertz CT molecular complexity index is 879. The van der Waals surface area contributed by atoms with Gasteiger partial charge >= 0.3 is 6.18 Å². The quantitative estimate of drug-likeness (QED) is 0.786. The predicted octanol–water partition coefficient (Wildman–Crippen LogP) is 3.28. The SMILES string of the molecule is FC(F)(F)Cn1nc(C2CCOCC2)nc1-c1n[nH]c2ccccc12. The van der Waals surface area contributed by atoms with Crippen molar-refractivity contribution in [2.45, 2.75) is 31.5 Å². The van der Waals surface area contributed by atoms with E-state index in [2.05, 4.69) is 20.3 Å². The van der Waals surface area contributed by atoms with Gasteiger partial charge in [-0.25, -0.2) is 9.67 Å². The second kappa shape index (κ2) is 6.14. The van der Waals surface area contributed by atoms with Gasteiger partial charge in [-0.1, -0.05) is 18.2 Å². The highest BCUT2D eigenvalue weighted by Gasteiger charge is 2.32. The maximum absolute atomic E-state index is 13.0. The summed E-state index contributed by atoms with van der Waals surface area (Å²) in [6, 6.07) is 7.26. The van der Waals surface area contributed by atoms with E-state index in [0.717, 1.165) is 15.6 Å². The lowest BCUT2D eigenvalue weighted by Gasteiger charge is -2.18. The van der Waals surface area contributed by atoms with Crippen LogP contribution in [0.15, 0.2) is 24.3 Å². The molecule has 0 spiro atoms. The molecule has 4 rings (SSSR count). The van der Waals surface area contributed by atoms with Crippen LogP contribution in [0, 0.1) is 0 Å². The molecule has 0 saturated carbocycles. The highest BCUT2D eigenvalue weighted by atomic mass is 19.4. The number of alkyl halides is 3. The number of nitrogens with zero attached hydrogens (tertiary/aromatic N) is 4. The summed E-state index contributed by atoms with van der Waals surface area (Å²) in [4.78, 5) is 4.42. The van der Waals surface area contributed by atoms with Gasteiger partial charge in [0.15, 0.2) is 11.6 Å². The molecule has 1 aromatic carbocycles. The molecule has 9 heteroatoms. The number of aromatic amines is 1. The van der Waals surface area contributed by atoms with Gasteiger partial charge in [-0.2, -0.15) is 23.4 Å². The highest BCUT2D eigenvalue weighted by Crippen LogP contribution is 2.31. The summed E-state index contributed by atoms with van der Waals surface area (Å²) in [7, 11) is 0. The molecule has 0 aliphatic carbocycles. The van der Waals surface area contributed by atoms with Gasteiger partial charge in [-0.15, -0.1) is 0 Å². The summed E-state index contributed by atoms with van der Waals surface area (Å²) in [5.41, 5.74) is 1.12. The van der Waals surface area contributed by atoms with Crippen LogP contribution < -0.4 is 0 Å². The highest BCUT2D eigenvalue weighted by molar-refractivity contribution is 5.91. The van der Waals surface area contributed by atoms with E-state index in [1.54, 1.807) is 6.07 Å². The summed E-state index contributed by atoms with van der Waals surface area (Å²) in [6.07, 6.45) is -2.98. The van der Waals surface area contributed by atoms with Crippen LogP contribution in [0.5, 0.6) is 0 Å². The number of hydrogen-bond donors (Lipinski definition) is 1. The third-order valence-corrected chi connectivity index (χ3v) is 4.29. The molecule has 0 bridgehead atoms. The van der Waals surface area contributed by atoms with E-state index in [4.69, 9.17) is 4.74 Å². The number of fused-ring (bicyclic) bond motifs is 1. The molecule has 2 aromatic heterocycles. The zero-order valence-electron chi connectivity index (χ0n) is 13.3. The zero-order valence-corrected chi connectivity index (χ0v) is 13.3. The van der Waals surface area contributed by atoms with Crippen molar-refractivity contribution < 1.29 is 17.9 Å². The standard InChI is InChI=1S/C16H16F3N5O/c17-16(18,19)9-24-15(13-11-3-1-2-4-12(11)21-22-13)20-14(23-24)10-5-7-25-8-6-10/h1-4,10H,5-9H2,(H,21,22). The van der Waals surface area contributed by atoms with Gasteiger partial charge in [0.1, 0.15) is 12.2 Å². The Morgan fingerprint density at radius 2 is 1.96 bits per heavy atom. The molecule has 0 radical (unpaired) electrons. The van der Waals surface area contributed by atoms with Crippen molar-refractivity contribution in [3.63, 3.8) is 0 Å². The lowest BCUT2D eigenvalue weighted by Crippen LogP contribution is -2.20. The summed E-state index contributed by atoms with van der Waals surface area (Å²) in [5, 5.41) is 11.9. The van der Waals surface area contributed by atoms with Crippen molar-refractivity contribution in [1.82, 2.24) is 25.0 Å². The van der Waals surface area contributed by atoms with E-state index in [9.17, 15) is 13.2 Å². The molecule has 0 amide bonds. The van der Waals surface area contributed by atoms with Crippen LogP contribution in [0.1, 0.15) is 24.6 Å². The van der Waals surface area contributed by atoms with Crippen LogP contribution >= 0.6 is 0 Å². The first-order valence-corrected chi connectivity index (χ1v) is 8.04. The molecule has 1 N–H and O–H groups in total. The number of halogens is 3. The van der Waals surface area contributed by atoms with Crippen molar-refractivity contribution in [3.8, 4) is 11.5 Å². The van der Waals surface area contributed by atoms with E-state index >= 15 is 0 Å². The molecule has 25 heavy (non-hydrogen) atoms. The number of nitrogens with one attached hydrogen (secondary N) is 1. The minimum absolute atomic E-state index is 0.00666. The fourth-order valence-corrected chi connectivity index (χ4v) is 3.08.